The minimum Gasteiger partial charge on any atom is -0.508 e. The van der Waals surface area contributed by atoms with Crippen LogP contribution < -0.4 is 0 Å². The third-order valence-electron chi connectivity index (χ3n) is 4.54. The summed E-state index contributed by atoms with van der Waals surface area (Å²) in [5, 5.41) is 28.9. The Balaban J connectivity index is 1.62. The van der Waals surface area contributed by atoms with E-state index >= 15 is 0 Å². The number of phenols is 1. The van der Waals surface area contributed by atoms with Crippen LogP contribution in [0, 0.1) is 5.82 Å². The van der Waals surface area contributed by atoms with E-state index < -0.39 is 5.82 Å². The van der Waals surface area contributed by atoms with Crippen molar-refractivity contribution < 1.29 is 14.6 Å². The summed E-state index contributed by atoms with van der Waals surface area (Å²) < 4.78 is 14.5. The Hall–Kier alpha value is -3.57. The molecule has 0 aromatic heterocycles. The highest BCUT2D eigenvalue weighted by Crippen LogP contribution is 2.30. The number of nitrogens with zero attached hydrogens (tertiary/aromatic N) is 2. The molecule has 4 aromatic rings. The molecule has 2 N–H and O–H groups in total. The van der Waals surface area contributed by atoms with E-state index in [1.54, 1.807) is 18.2 Å². The van der Waals surface area contributed by atoms with Crippen LogP contribution in [0.4, 0.5) is 15.8 Å². The SMILES string of the molecule is OCc1cc(N=Nc2ccc(-c3ccc4ccccc4c3)cc2F)ccc1O. The molecule has 0 aliphatic rings. The van der Waals surface area contributed by atoms with E-state index in [0.717, 1.165) is 21.9 Å². The van der Waals surface area contributed by atoms with Crippen LogP contribution in [0.2, 0.25) is 0 Å². The van der Waals surface area contributed by atoms with Gasteiger partial charge in [0.15, 0.2) is 5.82 Å². The van der Waals surface area contributed by atoms with Gasteiger partial charge in [-0.25, -0.2) is 4.39 Å². The van der Waals surface area contributed by atoms with E-state index in [4.69, 9.17) is 0 Å². The van der Waals surface area contributed by atoms with E-state index in [9.17, 15) is 14.6 Å². The van der Waals surface area contributed by atoms with E-state index in [2.05, 4.69) is 10.2 Å². The summed E-state index contributed by atoms with van der Waals surface area (Å²) in [5.74, 6) is -0.497. The number of hydrogen-bond acceptors (Lipinski definition) is 4. The Kier molecular flexibility index (Phi) is 4.83. The lowest BCUT2D eigenvalue weighted by molar-refractivity contribution is 0.275. The fraction of sp³-hybridized carbons (Fsp3) is 0.0435. The molecule has 0 aliphatic carbocycles. The summed E-state index contributed by atoms with van der Waals surface area (Å²) in [5.41, 5.74) is 2.55. The Morgan fingerprint density at radius 2 is 1.50 bits per heavy atom. The quantitative estimate of drug-likeness (QED) is 0.415. The fourth-order valence-electron chi connectivity index (χ4n) is 3.01. The summed E-state index contributed by atoms with van der Waals surface area (Å²) in [7, 11) is 0. The van der Waals surface area contributed by atoms with Gasteiger partial charge in [0.1, 0.15) is 11.4 Å². The number of halogens is 1. The number of fused-ring (bicyclic) bond motifs is 1. The maximum atomic E-state index is 14.5. The van der Waals surface area contributed by atoms with Gasteiger partial charge in [-0.3, -0.25) is 0 Å². The van der Waals surface area contributed by atoms with Crippen molar-refractivity contribution >= 4 is 22.1 Å². The van der Waals surface area contributed by atoms with Crippen LogP contribution in [0.3, 0.4) is 0 Å². The van der Waals surface area contributed by atoms with Crippen LogP contribution in [0.1, 0.15) is 5.56 Å². The van der Waals surface area contributed by atoms with Crippen molar-refractivity contribution in [3.63, 3.8) is 0 Å². The molecule has 0 saturated carbocycles. The molecule has 0 aliphatic heterocycles. The highest BCUT2D eigenvalue weighted by molar-refractivity contribution is 5.87. The van der Waals surface area contributed by atoms with Crippen LogP contribution in [0.5, 0.6) is 5.75 Å². The van der Waals surface area contributed by atoms with Crippen molar-refractivity contribution in [1.82, 2.24) is 0 Å². The van der Waals surface area contributed by atoms with Gasteiger partial charge >= 0.3 is 0 Å². The van der Waals surface area contributed by atoms with Crippen LogP contribution in [0.25, 0.3) is 21.9 Å². The fourth-order valence-corrected chi connectivity index (χ4v) is 3.01. The van der Waals surface area contributed by atoms with Crippen molar-refractivity contribution in [3.8, 4) is 16.9 Å². The van der Waals surface area contributed by atoms with Gasteiger partial charge in [-0.05, 0) is 58.3 Å². The summed E-state index contributed by atoms with van der Waals surface area (Å²) in [6.07, 6.45) is 0. The molecule has 0 unspecified atom stereocenters. The van der Waals surface area contributed by atoms with Crippen molar-refractivity contribution in [1.29, 1.82) is 0 Å². The molecule has 0 atom stereocenters. The van der Waals surface area contributed by atoms with E-state index in [0.29, 0.717) is 11.3 Å². The summed E-state index contributed by atoms with van der Waals surface area (Å²) >= 11 is 0. The number of aliphatic hydroxyl groups excluding tert-OH is 1. The van der Waals surface area contributed by atoms with Gasteiger partial charge in [0.25, 0.3) is 0 Å². The van der Waals surface area contributed by atoms with Crippen LogP contribution in [-0.2, 0) is 6.61 Å². The molecule has 0 amide bonds. The second-order valence-electron chi connectivity index (χ2n) is 6.40. The molecular formula is C23H17FN2O2. The minimum absolute atomic E-state index is 0.0210. The van der Waals surface area contributed by atoms with Crippen molar-refractivity contribution in [2.24, 2.45) is 10.2 Å². The average Bonchev–Trinajstić information content (AvgIpc) is 2.73. The molecule has 5 heteroatoms. The third-order valence-corrected chi connectivity index (χ3v) is 4.54. The molecule has 138 valence electrons. The zero-order valence-electron chi connectivity index (χ0n) is 14.9. The van der Waals surface area contributed by atoms with Crippen LogP contribution >= 0.6 is 0 Å². The number of hydrogen-bond donors (Lipinski definition) is 2. The van der Waals surface area contributed by atoms with Gasteiger partial charge in [0.2, 0.25) is 0 Å². The minimum atomic E-state index is -0.476. The summed E-state index contributed by atoms with van der Waals surface area (Å²) in [4.78, 5) is 0. The molecule has 0 heterocycles. The largest absolute Gasteiger partial charge is 0.508 e. The van der Waals surface area contributed by atoms with Gasteiger partial charge < -0.3 is 10.2 Å². The molecule has 0 fully saturated rings. The zero-order valence-corrected chi connectivity index (χ0v) is 14.9. The number of rotatable bonds is 4. The number of aliphatic hydroxyl groups is 1. The van der Waals surface area contributed by atoms with Crippen molar-refractivity contribution in [2.75, 3.05) is 0 Å². The first-order valence-electron chi connectivity index (χ1n) is 8.77. The molecule has 0 bridgehead atoms. The molecule has 0 saturated heterocycles. The molecule has 0 spiro atoms. The molecule has 28 heavy (non-hydrogen) atoms. The highest BCUT2D eigenvalue weighted by Gasteiger charge is 2.06. The molecule has 4 rings (SSSR count). The predicted molar refractivity (Wildman–Crippen MR) is 108 cm³/mol. The first-order chi connectivity index (χ1) is 13.6. The lowest BCUT2D eigenvalue weighted by atomic mass is 10.0. The molecule has 4 aromatic carbocycles. The van der Waals surface area contributed by atoms with Gasteiger partial charge in [0.05, 0.1) is 12.3 Å². The summed E-state index contributed by atoms with van der Waals surface area (Å²) in [6, 6.07) is 23.3. The lowest BCUT2D eigenvalue weighted by Gasteiger charge is -2.06. The Labute approximate surface area is 161 Å². The van der Waals surface area contributed by atoms with Crippen LogP contribution in [-0.4, -0.2) is 10.2 Å². The number of azo groups is 1. The standard InChI is InChI=1S/C23H17FN2O2/c24-21-13-18(17-6-5-15-3-1-2-4-16(15)11-17)7-9-22(21)26-25-20-8-10-23(28)19(12-20)14-27/h1-13,27-28H,14H2. The second-order valence-corrected chi connectivity index (χ2v) is 6.40. The van der Waals surface area contributed by atoms with Gasteiger partial charge in [-0.1, -0.05) is 42.5 Å². The Bertz CT molecular complexity index is 1190. The Morgan fingerprint density at radius 1 is 0.750 bits per heavy atom. The van der Waals surface area contributed by atoms with Crippen molar-refractivity contribution in [2.45, 2.75) is 6.61 Å². The maximum Gasteiger partial charge on any atom is 0.151 e. The molecule has 4 nitrogen and oxygen atoms in total. The van der Waals surface area contributed by atoms with Gasteiger partial charge in [-0.15, -0.1) is 5.11 Å². The third kappa shape index (κ3) is 3.61. The van der Waals surface area contributed by atoms with Crippen molar-refractivity contribution in [3.05, 3.63) is 90.2 Å². The van der Waals surface area contributed by atoms with E-state index in [-0.39, 0.29) is 18.0 Å². The Morgan fingerprint density at radius 3 is 2.29 bits per heavy atom. The summed E-state index contributed by atoms with van der Waals surface area (Å²) in [6.45, 7) is -0.315. The normalized spacial score (nSPS) is 11.4. The molecule has 0 radical (unpaired) electrons. The van der Waals surface area contributed by atoms with Gasteiger partial charge in [-0.2, -0.15) is 5.11 Å². The lowest BCUT2D eigenvalue weighted by Crippen LogP contribution is -1.83. The highest BCUT2D eigenvalue weighted by atomic mass is 19.1. The molecular weight excluding hydrogens is 355 g/mol. The first kappa shape index (κ1) is 17.8. The van der Waals surface area contributed by atoms with Crippen LogP contribution in [0.15, 0.2) is 89.1 Å². The first-order valence-corrected chi connectivity index (χ1v) is 8.77. The topological polar surface area (TPSA) is 65.2 Å². The number of aromatic hydroxyl groups is 1. The number of benzene rings is 4. The monoisotopic (exact) mass is 372 g/mol. The smallest absolute Gasteiger partial charge is 0.151 e. The second kappa shape index (κ2) is 7.58. The van der Waals surface area contributed by atoms with E-state index in [1.165, 1.54) is 18.2 Å². The van der Waals surface area contributed by atoms with Gasteiger partial charge in [0, 0.05) is 5.56 Å². The zero-order chi connectivity index (χ0) is 19.5. The predicted octanol–water partition coefficient (Wildman–Crippen LogP) is 6.26. The average molecular weight is 372 g/mol. The van der Waals surface area contributed by atoms with E-state index in [1.807, 2.05) is 42.5 Å². The maximum absolute atomic E-state index is 14.5.